The monoisotopic (exact) mass is 500 g/mol. The minimum absolute atomic E-state index is 0.0425. The third-order valence-electron chi connectivity index (χ3n) is 5.43. The van der Waals surface area contributed by atoms with Gasteiger partial charge in [0.15, 0.2) is 11.5 Å². The normalized spacial score (nSPS) is 17.2. The van der Waals surface area contributed by atoms with E-state index >= 15 is 0 Å². The lowest BCUT2D eigenvalue weighted by atomic mass is 9.96. The summed E-state index contributed by atoms with van der Waals surface area (Å²) in [7, 11) is 2.83. The Morgan fingerprint density at radius 2 is 1.75 bits per heavy atom. The molecule has 1 amide bonds. The fourth-order valence-corrected chi connectivity index (χ4v) is 3.92. The molecule has 2 aromatic carbocycles. The smallest absolute Gasteiger partial charge is 0.507 e. The highest BCUT2D eigenvalue weighted by Gasteiger charge is 2.47. The summed E-state index contributed by atoms with van der Waals surface area (Å²) in [4.78, 5) is 31.4. The molecular weight excluding hydrogens is 481 g/mol. The molecule has 0 saturated carbocycles. The molecule has 1 saturated heterocycles. The zero-order valence-electron chi connectivity index (χ0n) is 18.9. The van der Waals surface area contributed by atoms with Crippen LogP contribution in [0.25, 0.3) is 5.76 Å². The van der Waals surface area contributed by atoms with E-state index in [9.17, 15) is 27.9 Å². The standard InChI is InChI=1S/C25H19F3N2O6/c1-34-18-9-8-14(11-19(18)35-2)22(31)20-21(15-5-4-10-29-13-15)30(24(33)23(20)32)16-6-3-7-17(12-16)36-25(26,27)28/h3-13,21,31H,1-2H3/b22-20+. The van der Waals surface area contributed by atoms with Crippen LogP contribution in [0.1, 0.15) is 17.2 Å². The van der Waals surface area contributed by atoms with Crippen molar-refractivity contribution >= 4 is 23.1 Å². The van der Waals surface area contributed by atoms with Gasteiger partial charge in [0.1, 0.15) is 11.5 Å². The lowest BCUT2D eigenvalue weighted by Crippen LogP contribution is -2.29. The predicted molar refractivity (Wildman–Crippen MR) is 122 cm³/mol. The molecule has 0 spiro atoms. The van der Waals surface area contributed by atoms with E-state index in [1.54, 1.807) is 12.1 Å². The Kier molecular flexibility index (Phi) is 6.56. The number of hydrogen-bond acceptors (Lipinski definition) is 7. The number of rotatable bonds is 6. The molecule has 1 unspecified atom stereocenters. The number of aromatic nitrogens is 1. The summed E-state index contributed by atoms with van der Waals surface area (Å²) in [5.41, 5.74) is 0.191. The van der Waals surface area contributed by atoms with Crippen LogP contribution in [0.2, 0.25) is 0 Å². The third-order valence-corrected chi connectivity index (χ3v) is 5.43. The zero-order chi connectivity index (χ0) is 26.0. The lowest BCUT2D eigenvalue weighted by Gasteiger charge is -2.25. The van der Waals surface area contributed by atoms with Gasteiger partial charge in [-0.05, 0) is 42.0 Å². The number of ketones is 1. The maximum atomic E-state index is 13.2. The molecule has 3 aromatic rings. The highest BCUT2D eigenvalue weighted by atomic mass is 19.4. The van der Waals surface area contributed by atoms with Crippen molar-refractivity contribution in [3.63, 3.8) is 0 Å². The molecule has 0 bridgehead atoms. The SMILES string of the molecule is COc1ccc(/C(O)=C2\C(=O)C(=O)N(c3cccc(OC(F)(F)F)c3)C2c2cccnc2)cc1OC. The molecular formula is C25H19F3N2O6. The number of nitrogens with zero attached hydrogens (tertiary/aromatic N) is 2. The average Bonchev–Trinajstić information content (AvgIpc) is 3.13. The molecule has 1 fully saturated rings. The second-order valence-corrected chi connectivity index (χ2v) is 7.57. The highest BCUT2D eigenvalue weighted by Crippen LogP contribution is 2.43. The first kappa shape index (κ1) is 24.6. The number of amides is 1. The number of methoxy groups -OCH3 is 2. The Hall–Kier alpha value is -4.54. The summed E-state index contributed by atoms with van der Waals surface area (Å²) in [6, 6.07) is 11.0. The van der Waals surface area contributed by atoms with E-state index in [-0.39, 0.29) is 22.6 Å². The van der Waals surface area contributed by atoms with E-state index in [4.69, 9.17) is 9.47 Å². The molecule has 36 heavy (non-hydrogen) atoms. The van der Waals surface area contributed by atoms with Crippen LogP contribution in [0.3, 0.4) is 0 Å². The van der Waals surface area contributed by atoms with Crippen LogP contribution in [0.15, 0.2) is 72.6 Å². The van der Waals surface area contributed by atoms with E-state index in [0.717, 1.165) is 17.0 Å². The van der Waals surface area contributed by atoms with Crippen LogP contribution in [0, 0.1) is 0 Å². The predicted octanol–water partition coefficient (Wildman–Crippen LogP) is 4.62. The van der Waals surface area contributed by atoms with Gasteiger partial charge in [0.2, 0.25) is 0 Å². The van der Waals surface area contributed by atoms with Crippen molar-refractivity contribution in [2.75, 3.05) is 19.1 Å². The fraction of sp³-hybridized carbons (Fsp3) is 0.160. The summed E-state index contributed by atoms with van der Waals surface area (Å²) in [6.07, 6.45) is -2.09. The minimum Gasteiger partial charge on any atom is -0.507 e. The summed E-state index contributed by atoms with van der Waals surface area (Å²) >= 11 is 0. The minimum atomic E-state index is -4.96. The first-order valence-corrected chi connectivity index (χ1v) is 10.4. The summed E-state index contributed by atoms with van der Waals surface area (Å²) < 4.78 is 52.8. The molecule has 1 aliphatic rings. The number of anilines is 1. The van der Waals surface area contributed by atoms with Crippen molar-refractivity contribution in [1.29, 1.82) is 0 Å². The van der Waals surface area contributed by atoms with Gasteiger partial charge < -0.3 is 19.3 Å². The van der Waals surface area contributed by atoms with Crippen LogP contribution in [0.5, 0.6) is 17.2 Å². The molecule has 4 rings (SSSR count). The van der Waals surface area contributed by atoms with Crippen LogP contribution >= 0.6 is 0 Å². The van der Waals surface area contributed by atoms with E-state index in [1.165, 1.54) is 56.9 Å². The van der Waals surface area contributed by atoms with Crippen molar-refractivity contribution in [2.24, 2.45) is 0 Å². The summed E-state index contributed by atoms with van der Waals surface area (Å²) in [5, 5.41) is 11.2. The molecule has 186 valence electrons. The van der Waals surface area contributed by atoms with Gasteiger partial charge in [0, 0.05) is 29.7 Å². The molecule has 1 aliphatic heterocycles. The van der Waals surface area contributed by atoms with E-state index in [1.807, 2.05) is 0 Å². The highest BCUT2D eigenvalue weighted by molar-refractivity contribution is 6.51. The van der Waals surface area contributed by atoms with Gasteiger partial charge in [-0.1, -0.05) is 12.1 Å². The number of carbonyl (C=O) groups is 2. The van der Waals surface area contributed by atoms with E-state index < -0.39 is 35.6 Å². The number of hydrogen-bond donors (Lipinski definition) is 1. The fourth-order valence-electron chi connectivity index (χ4n) is 3.92. The van der Waals surface area contributed by atoms with Crippen molar-refractivity contribution in [3.05, 3.63) is 83.7 Å². The molecule has 1 aromatic heterocycles. The molecule has 11 heteroatoms. The number of aliphatic hydroxyl groups is 1. The third kappa shape index (κ3) is 4.67. The van der Waals surface area contributed by atoms with Crippen molar-refractivity contribution in [1.82, 2.24) is 4.98 Å². The second-order valence-electron chi connectivity index (χ2n) is 7.57. The van der Waals surface area contributed by atoms with Gasteiger partial charge in [-0.25, -0.2) is 0 Å². The molecule has 2 heterocycles. The van der Waals surface area contributed by atoms with Gasteiger partial charge in [-0.15, -0.1) is 13.2 Å². The lowest BCUT2D eigenvalue weighted by molar-refractivity contribution is -0.274. The molecule has 1 N–H and O–H groups in total. The molecule has 1 atom stereocenters. The number of carbonyl (C=O) groups excluding carboxylic acids is 2. The Bertz CT molecular complexity index is 1340. The van der Waals surface area contributed by atoms with Crippen molar-refractivity contribution in [2.45, 2.75) is 12.4 Å². The quantitative estimate of drug-likeness (QED) is 0.300. The first-order chi connectivity index (χ1) is 17.1. The second kappa shape index (κ2) is 9.61. The average molecular weight is 500 g/mol. The van der Waals surface area contributed by atoms with Crippen molar-refractivity contribution in [3.8, 4) is 17.2 Å². The Morgan fingerprint density at radius 3 is 2.39 bits per heavy atom. The van der Waals surface area contributed by atoms with Gasteiger partial charge in [0.25, 0.3) is 11.7 Å². The largest absolute Gasteiger partial charge is 0.573 e. The van der Waals surface area contributed by atoms with E-state index in [2.05, 4.69) is 9.72 Å². The van der Waals surface area contributed by atoms with Gasteiger partial charge in [0.05, 0.1) is 25.8 Å². The number of Topliss-reactive ketones (excluding diaryl/α,β-unsaturated/α-hetero) is 1. The van der Waals surface area contributed by atoms with Crippen LogP contribution in [0.4, 0.5) is 18.9 Å². The number of aliphatic hydroxyl groups excluding tert-OH is 1. The molecule has 8 nitrogen and oxygen atoms in total. The summed E-state index contributed by atoms with van der Waals surface area (Å²) in [5.74, 6) is -2.51. The zero-order valence-corrected chi connectivity index (χ0v) is 18.9. The number of halogens is 3. The van der Waals surface area contributed by atoms with Gasteiger partial charge in [-0.3, -0.25) is 19.5 Å². The van der Waals surface area contributed by atoms with Crippen LogP contribution in [-0.2, 0) is 9.59 Å². The Balaban J connectivity index is 1.89. The van der Waals surface area contributed by atoms with Gasteiger partial charge in [-0.2, -0.15) is 0 Å². The topological polar surface area (TPSA) is 98.2 Å². The molecule has 0 radical (unpaired) electrons. The first-order valence-electron chi connectivity index (χ1n) is 10.4. The number of benzene rings is 2. The maximum Gasteiger partial charge on any atom is 0.573 e. The van der Waals surface area contributed by atoms with Crippen LogP contribution in [-0.4, -0.2) is 42.4 Å². The summed E-state index contributed by atoms with van der Waals surface area (Å²) in [6.45, 7) is 0. The Labute approximate surface area is 203 Å². The van der Waals surface area contributed by atoms with Crippen LogP contribution < -0.4 is 19.1 Å². The van der Waals surface area contributed by atoms with Crippen molar-refractivity contribution < 1.29 is 42.1 Å². The molecule has 0 aliphatic carbocycles. The number of alkyl halides is 3. The Morgan fingerprint density at radius 1 is 1.00 bits per heavy atom. The number of pyridine rings is 1. The van der Waals surface area contributed by atoms with E-state index in [0.29, 0.717) is 11.3 Å². The van der Waals surface area contributed by atoms with Gasteiger partial charge >= 0.3 is 6.36 Å². The number of ether oxygens (including phenoxy) is 3. The maximum absolute atomic E-state index is 13.2.